The van der Waals surface area contributed by atoms with Gasteiger partial charge in [-0.25, -0.2) is 8.42 Å². The molecule has 32 heavy (non-hydrogen) atoms. The second-order valence-corrected chi connectivity index (χ2v) is 11.6. The van der Waals surface area contributed by atoms with E-state index in [-0.39, 0.29) is 11.8 Å². The number of nitrogens with zero attached hydrogens (tertiary/aromatic N) is 3. The Balaban J connectivity index is 1.22. The van der Waals surface area contributed by atoms with Gasteiger partial charge in [0.2, 0.25) is 11.8 Å². The van der Waals surface area contributed by atoms with Crippen LogP contribution in [0, 0.1) is 6.92 Å². The maximum Gasteiger partial charge on any atom is 0.252 e. The number of rotatable bonds is 7. The Labute approximate surface area is 192 Å². The number of carbonyl (C=O) groups is 2. The van der Waals surface area contributed by atoms with Crippen LogP contribution in [0.2, 0.25) is 0 Å². The molecule has 1 aromatic heterocycles. The third-order valence-corrected chi connectivity index (χ3v) is 9.20. The van der Waals surface area contributed by atoms with Gasteiger partial charge in [0.1, 0.15) is 4.21 Å². The van der Waals surface area contributed by atoms with Crippen LogP contribution < -0.4 is 10.2 Å². The lowest BCUT2D eigenvalue weighted by Gasteiger charge is -2.33. The Morgan fingerprint density at radius 3 is 2.34 bits per heavy atom. The van der Waals surface area contributed by atoms with Crippen molar-refractivity contribution in [3.05, 3.63) is 41.3 Å². The molecule has 0 aliphatic carbocycles. The minimum absolute atomic E-state index is 0.0842. The fourth-order valence-electron chi connectivity index (χ4n) is 4.00. The minimum Gasteiger partial charge on any atom is -0.326 e. The summed E-state index contributed by atoms with van der Waals surface area (Å²) in [5, 5.41) is 2.89. The number of sulfonamides is 1. The Hall–Kier alpha value is -2.27. The predicted molar refractivity (Wildman–Crippen MR) is 126 cm³/mol. The molecule has 0 radical (unpaired) electrons. The zero-order valence-electron chi connectivity index (χ0n) is 18.1. The second-order valence-electron chi connectivity index (χ2n) is 8.10. The number of piperazine rings is 1. The number of thiophene rings is 1. The van der Waals surface area contributed by atoms with E-state index in [1.807, 2.05) is 37.3 Å². The molecule has 2 amide bonds. The van der Waals surface area contributed by atoms with Gasteiger partial charge in [0.15, 0.2) is 0 Å². The quantitative estimate of drug-likeness (QED) is 0.663. The standard InChI is InChI=1S/C22H28N4O4S2/c1-17-4-9-22(31-17)32(29,30)25-15-13-24(14-16-25)12-10-20(27)23-18-5-7-19(8-6-18)26-11-2-3-21(26)28/h4-9H,2-3,10-16H2,1H3,(H,23,27). The van der Waals surface area contributed by atoms with Gasteiger partial charge in [-0.15, -0.1) is 11.3 Å². The molecule has 2 saturated heterocycles. The maximum atomic E-state index is 12.7. The van der Waals surface area contributed by atoms with Crippen molar-refractivity contribution in [1.29, 1.82) is 0 Å². The van der Waals surface area contributed by atoms with E-state index in [2.05, 4.69) is 10.2 Å². The molecule has 0 spiro atoms. The Morgan fingerprint density at radius 2 is 1.75 bits per heavy atom. The van der Waals surface area contributed by atoms with Crippen LogP contribution in [-0.4, -0.2) is 68.7 Å². The zero-order valence-corrected chi connectivity index (χ0v) is 19.8. The Kier molecular flexibility index (Phi) is 6.94. The molecule has 3 heterocycles. The molecule has 0 unspecified atom stereocenters. The van der Waals surface area contributed by atoms with Crippen molar-refractivity contribution < 1.29 is 18.0 Å². The first kappa shape index (κ1) is 22.9. The van der Waals surface area contributed by atoms with Gasteiger partial charge in [0, 0.05) is 68.4 Å². The van der Waals surface area contributed by atoms with Crippen LogP contribution in [0.5, 0.6) is 0 Å². The molecule has 10 heteroatoms. The van der Waals surface area contributed by atoms with Crippen LogP contribution in [0.1, 0.15) is 24.1 Å². The van der Waals surface area contributed by atoms with Crippen LogP contribution in [0.4, 0.5) is 11.4 Å². The summed E-state index contributed by atoms with van der Waals surface area (Å²) in [6.45, 7) is 5.29. The van der Waals surface area contributed by atoms with Gasteiger partial charge < -0.3 is 15.1 Å². The van der Waals surface area contributed by atoms with E-state index >= 15 is 0 Å². The van der Waals surface area contributed by atoms with E-state index in [0.29, 0.717) is 55.5 Å². The van der Waals surface area contributed by atoms with E-state index in [1.54, 1.807) is 11.0 Å². The number of benzene rings is 1. The topological polar surface area (TPSA) is 90.0 Å². The first-order valence-electron chi connectivity index (χ1n) is 10.8. The summed E-state index contributed by atoms with van der Waals surface area (Å²) in [4.78, 5) is 29.1. The highest BCUT2D eigenvalue weighted by Gasteiger charge is 2.29. The first-order valence-corrected chi connectivity index (χ1v) is 13.1. The number of anilines is 2. The van der Waals surface area contributed by atoms with Gasteiger partial charge >= 0.3 is 0 Å². The van der Waals surface area contributed by atoms with Crippen molar-refractivity contribution in [2.75, 3.05) is 49.5 Å². The lowest BCUT2D eigenvalue weighted by Crippen LogP contribution is -2.48. The van der Waals surface area contributed by atoms with Crippen LogP contribution in [0.3, 0.4) is 0 Å². The van der Waals surface area contributed by atoms with Gasteiger partial charge in [0.05, 0.1) is 0 Å². The van der Waals surface area contributed by atoms with Crippen molar-refractivity contribution in [3.8, 4) is 0 Å². The second kappa shape index (κ2) is 9.70. The predicted octanol–water partition coefficient (Wildman–Crippen LogP) is 2.52. The van der Waals surface area contributed by atoms with Crippen LogP contribution in [-0.2, 0) is 19.6 Å². The van der Waals surface area contributed by atoms with Crippen molar-refractivity contribution in [1.82, 2.24) is 9.21 Å². The number of aryl methyl sites for hydroxylation is 1. The van der Waals surface area contributed by atoms with E-state index in [1.165, 1.54) is 15.6 Å². The molecule has 8 nitrogen and oxygen atoms in total. The van der Waals surface area contributed by atoms with Crippen LogP contribution in [0.25, 0.3) is 0 Å². The number of carbonyl (C=O) groups excluding carboxylic acids is 2. The molecule has 172 valence electrons. The Morgan fingerprint density at radius 1 is 1.03 bits per heavy atom. The molecule has 2 aliphatic rings. The normalized spacial score (nSPS) is 18.3. The van der Waals surface area contributed by atoms with Crippen molar-refractivity contribution >= 4 is 44.5 Å². The SMILES string of the molecule is Cc1ccc(S(=O)(=O)N2CCN(CCC(=O)Nc3ccc(N4CCCC4=O)cc3)CC2)s1. The molecule has 1 aromatic carbocycles. The van der Waals surface area contributed by atoms with Crippen molar-refractivity contribution in [2.24, 2.45) is 0 Å². The highest BCUT2D eigenvalue weighted by molar-refractivity contribution is 7.91. The summed E-state index contributed by atoms with van der Waals surface area (Å²) < 4.78 is 27.4. The summed E-state index contributed by atoms with van der Waals surface area (Å²) in [5.41, 5.74) is 1.56. The molecule has 0 bridgehead atoms. The van der Waals surface area contributed by atoms with E-state index in [9.17, 15) is 18.0 Å². The summed E-state index contributed by atoms with van der Waals surface area (Å²) >= 11 is 1.30. The molecular formula is C22H28N4O4S2. The average molecular weight is 477 g/mol. The highest BCUT2D eigenvalue weighted by Crippen LogP contribution is 2.25. The molecule has 2 aromatic rings. The van der Waals surface area contributed by atoms with Crippen molar-refractivity contribution in [2.45, 2.75) is 30.4 Å². The molecule has 0 saturated carbocycles. The lowest BCUT2D eigenvalue weighted by atomic mass is 10.2. The summed E-state index contributed by atoms with van der Waals surface area (Å²) in [5.74, 6) is 0.0549. The number of hydrogen-bond donors (Lipinski definition) is 1. The maximum absolute atomic E-state index is 12.7. The third kappa shape index (κ3) is 5.20. The average Bonchev–Trinajstić information content (AvgIpc) is 3.42. The van der Waals surface area contributed by atoms with Crippen LogP contribution >= 0.6 is 11.3 Å². The van der Waals surface area contributed by atoms with Gasteiger partial charge in [-0.05, 0) is 49.7 Å². The van der Waals surface area contributed by atoms with E-state index in [0.717, 1.165) is 23.5 Å². The number of amides is 2. The van der Waals surface area contributed by atoms with E-state index in [4.69, 9.17) is 0 Å². The first-order chi connectivity index (χ1) is 15.3. The monoisotopic (exact) mass is 476 g/mol. The minimum atomic E-state index is -3.43. The lowest BCUT2D eigenvalue weighted by molar-refractivity contribution is -0.117. The van der Waals surface area contributed by atoms with Crippen LogP contribution in [0.15, 0.2) is 40.6 Å². The van der Waals surface area contributed by atoms with Gasteiger partial charge in [-0.1, -0.05) is 0 Å². The fourth-order valence-corrected chi connectivity index (χ4v) is 6.86. The number of nitrogens with one attached hydrogen (secondary N) is 1. The number of hydrogen-bond acceptors (Lipinski definition) is 6. The molecule has 0 atom stereocenters. The Bertz CT molecular complexity index is 1070. The summed E-state index contributed by atoms with van der Waals surface area (Å²) in [6, 6.07) is 10.8. The molecule has 1 N–H and O–H groups in total. The fraction of sp³-hybridized carbons (Fsp3) is 0.455. The van der Waals surface area contributed by atoms with Crippen molar-refractivity contribution in [3.63, 3.8) is 0 Å². The molecule has 4 rings (SSSR count). The molecule has 2 aliphatic heterocycles. The van der Waals surface area contributed by atoms with Gasteiger partial charge in [0.25, 0.3) is 10.0 Å². The zero-order chi connectivity index (χ0) is 22.7. The molecular weight excluding hydrogens is 448 g/mol. The summed E-state index contributed by atoms with van der Waals surface area (Å²) in [7, 11) is -3.43. The van der Waals surface area contributed by atoms with Gasteiger partial charge in [-0.3, -0.25) is 9.59 Å². The largest absolute Gasteiger partial charge is 0.326 e. The smallest absolute Gasteiger partial charge is 0.252 e. The van der Waals surface area contributed by atoms with Gasteiger partial charge in [-0.2, -0.15) is 4.31 Å². The third-order valence-electron chi connectivity index (χ3n) is 5.83. The highest BCUT2D eigenvalue weighted by atomic mass is 32.2. The summed E-state index contributed by atoms with van der Waals surface area (Å²) in [6.07, 6.45) is 1.81. The molecule has 2 fully saturated rings. The van der Waals surface area contributed by atoms with E-state index < -0.39 is 10.0 Å².